The lowest BCUT2D eigenvalue weighted by molar-refractivity contribution is 0.0622. The van der Waals surface area contributed by atoms with Crippen LogP contribution in [0.15, 0.2) is 0 Å². The summed E-state index contributed by atoms with van der Waals surface area (Å²) >= 11 is 0. The van der Waals surface area contributed by atoms with Gasteiger partial charge in [-0.3, -0.25) is 0 Å². The predicted octanol–water partition coefficient (Wildman–Crippen LogP) is 2.44. The van der Waals surface area contributed by atoms with Crippen LogP contribution in [0, 0.1) is 23.2 Å². The van der Waals surface area contributed by atoms with Crippen molar-refractivity contribution in [2.45, 2.75) is 46.1 Å². The van der Waals surface area contributed by atoms with Gasteiger partial charge in [-0.25, -0.2) is 0 Å². The second-order valence-electron chi connectivity index (χ2n) is 5.68. The van der Waals surface area contributed by atoms with Gasteiger partial charge in [-0.15, -0.1) is 0 Å². The van der Waals surface area contributed by atoms with Crippen molar-refractivity contribution in [1.29, 1.82) is 0 Å². The molecule has 2 aliphatic rings. The largest absolute Gasteiger partial charge is 0.393 e. The maximum Gasteiger partial charge on any atom is 0.0571 e. The van der Waals surface area contributed by atoms with Crippen molar-refractivity contribution in [2.24, 2.45) is 23.2 Å². The summed E-state index contributed by atoms with van der Waals surface area (Å²) in [6.45, 7) is 7.01. The highest BCUT2D eigenvalue weighted by molar-refractivity contribution is 5.02. The number of hydrogen-bond acceptors (Lipinski definition) is 1. The van der Waals surface area contributed by atoms with Gasteiger partial charge in [-0.05, 0) is 42.4 Å². The molecule has 2 aliphatic carbocycles. The molecule has 0 heterocycles. The fraction of sp³-hybridized carbons (Fsp3) is 1.00. The van der Waals surface area contributed by atoms with Crippen molar-refractivity contribution in [3.63, 3.8) is 0 Å². The van der Waals surface area contributed by atoms with E-state index in [1.807, 2.05) is 0 Å². The molecule has 0 aromatic rings. The minimum atomic E-state index is 0.0357. The van der Waals surface area contributed by atoms with Crippen molar-refractivity contribution in [1.82, 2.24) is 0 Å². The van der Waals surface area contributed by atoms with Gasteiger partial charge in [0.25, 0.3) is 0 Å². The summed E-state index contributed by atoms with van der Waals surface area (Å²) in [5.74, 6) is 2.39. The van der Waals surface area contributed by atoms with Crippen LogP contribution in [0.5, 0.6) is 0 Å². The van der Waals surface area contributed by atoms with E-state index in [2.05, 4.69) is 20.8 Å². The average Bonchev–Trinajstić information content (AvgIpc) is 2.64. The molecule has 1 nitrogen and oxygen atoms in total. The molecule has 2 rings (SSSR count). The lowest BCUT2D eigenvalue weighted by Gasteiger charge is -2.35. The molecule has 4 atom stereocenters. The molecule has 70 valence electrons. The molecule has 1 heteroatoms. The first-order chi connectivity index (χ1) is 5.50. The summed E-state index contributed by atoms with van der Waals surface area (Å²) in [6, 6.07) is 0. The predicted molar refractivity (Wildman–Crippen MR) is 49.8 cm³/mol. The molecular formula is C11H20O. The summed E-state index contributed by atoms with van der Waals surface area (Å²) in [7, 11) is 0. The first-order valence-electron chi connectivity index (χ1n) is 5.18. The van der Waals surface area contributed by atoms with E-state index in [9.17, 15) is 5.11 Å². The number of rotatable bonds is 0. The molecule has 1 N–H and O–H groups in total. The summed E-state index contributed by atoms with van der Waals surface area (Å²) < 4.78 is 0. The number of fused-ring (bicyclic) bond motifs is 1. The SMILES string of the molecule is CC(C)(C)[C@H]1CC[C@@H](O)[C@@H]2C[C@@H]21. The standard InChI is InChI=1S/C11H20O/c1-11(2,3)9-4-5-10(12)8-6-7(8)9/h7-10,12H,4-6H2,1-3H3/t7-,8+,9-,10+/m0/s1. The zero-order chi connectivity index (χ0) is 8.93. The van der Waals surface area contributed by atoms with Crippen LogP contribution >= 0.6 is 0 Å². The Morgan fingerprint density at radius 3 is 2.33 bits per heavy atom. The van der Waals surface area contributed by atoms with Crippen molar-refractivity contribution < 1.29 is 5.11 Å². The quantitative estimate of drug-likeness (QED) is 0.589. The Bertz CT molecular complexity index is 180. The van der Waals surface area contributed by atoms with Crippen LogP contribution in [-0.2, 0) is 0 Å². The van der Waals surface area contributed by atoms with Crippen molar-refractivity contribution in [3.05, 3.63) is 0 Å². The molecule has 2 saturated carbocycles. The Labute approximate surface area is 75.2 Å². The van der Waals surface area contributed by atoms with E-state index in [0.29, 0.717) is 11.3 Å². The van der Waals surface area contributed by atoms with Crippen LogP contribution in [-0.4, -0.2) is 11.2 Å². The zero-order valence-electron chi connectivity index (χ0n) is 8.38. The average molecular weight is 168 g/mol. The maximum atomic E-state index is 9.60. The van der Waals surface area contributed by atoms with Crippen molar-refractivity contribution in [2.75, 3.05) is 0 Å². The highest BCUT2D eigenvalue weighted by Crippen LogP contribution is 2.57. The van der Waals surface area contributed by atoms with E-state index in [0.717, 1.165) is 18.3 Å². The summed E-state index contributed by atoms with van der Waals surface area (Å²) in [4.78, 5) is 0. The molecule has 12 heavy (non-hydrogen) atoms. The monoisotopic (exact) mass is 168 g/mol. The van der Waals surface area contributed by atoms with Crippen LogP contribution in [0.25, 0.3) is 0 Å². The third-order valence-corrected chi connectivity index (χ3v) is 3.79. The summed E-state index contributed by atoms with van der Waals surface area (Å²) in [6.07, 6.45) is 3.62. The molecule has 0 aromatic heterocycles. The maximum absolute atomic E-state index is 9.60. The smallest absolute Gasteiger partial charge is 0.0571 e. The van der Waals surface area contributed by atoms with Gasteiger partial charge in [0, 0.05) is 0 Å². The molecule has 0 saturated heterocycles. The van der Waals surface area contributed by atoms with Crippen LogP contribution in [0.3, 0.4) is 0 Å². The molecule has 0 radical (unpaired) electrons. The third kappa shape index (κ3) is 1.28. The van der Waals surface area contributed by atoms with Gasteiger partial charge >= 0.3 is 0 Å². The van der Waals surface area contributed by atoms with Crippen LogP contribution in [0.4, 0.5) is 0 Å². The number of aliphatic hydroxyl groups excluding tert-OH is 1. The molecule has 0 aromatic carbocycles. The molecule has 0 unspecified atom stereocenters. The summed E-state index contributed by atoms with van der Waals surface area (Å²) in [5, 5.41) is 9.60. The fourth-order valence-electron chi connectivity index (χ4n) is 2.99. The van der Waals surface area contributed by atoms with E-state index in [1.165, 1.54) is 12.8 Å². The molecule has 0 aliphatic heterocycles. The van der Waals surface area contributed by atoms with Gasteiger partial charge in [0.2, 0.25) is 0 Å². The Morgan fingerprint density at radius 2 is 1.75 bits per heavy atom. The molecule has 2 fully saturated rings. The third-order valence-electron chi connectivity index (χ3n) is 3.79. The van der Waals surface area contributed by atoms with Crippen LogP contribution in [0.1, 0.15) is 40.0 Å². The highest BCUT2D eigenvalue weighted by Gasteiger charge is 2.52. The Balaban J connectivity index is 2.03. The molecule has 0 amide bonds. The Kier molecular flexibility index (Phi) is 1.76. The lowest BCUT2D eigenvalue weighted by Crippen LogP contribution is -2.30. The zero-order valence-corrected chi connectivity index (χ0v) is 8.38. The first kappa shape index (κ1) is 8.55. The van der Waals surface area contributed by atoms with E-state index in [-0.39, 0.29) is 6.10 Å². The minimum Gasteiger partial charge on any atom is -0.393 e. The fourth-order valence-corrected chi connectivity index (χ4v) is 2.99. The van der Waals surface area contributed by atoms with E-state index < -0.39 is 0 Å². The van der Waals surface area contributed by atoms with E-state index in [1.54, 1.807) is 0 Å². The van der Waals surface area contributed by atoms with Gasteiger partial charge in [0.15, 0.2) is 0 Å². The van der Waals surface area contributed by atoms with Gasteiger partial charge in [0.05, 0.1) is 6.10 Å². The molecule has 0 bridgehead atoms. The Morgan fingerprint density at radius 1 is 1.08 bits per heavy atom. The van der Waals surface area contributed by atoms with E-state index in [4.69, 9.17) is 0 Å². The van der Waals surface area contributed by atoms with Crippen molar-refractivity contribution >= 4 is 0 Å². The highest BCUT2D eigenvalue weighted by atomic mass is 16.3. The van der Waals surface area contributed by atoms with Crippen LogP contribution < -0.4 is 0 Å². The Hall–Kier alpha value is -0.0400. The van der Waals surface area contributed by atoms with Crippen LogP contribution in [0.2, 0.25) is 0 Å². The molecule has 0 spiro atoms. The number of aliphatic hydroxyl groups is 1. The van der Waals surface area contributed by atoms with Gasteiger partial charge in [-0.2, -0.15) is 0 Å². The lowest BCUT2D eigenvalue weighted by atomic mass is 9.71. The second-order valence-corrected chi connectivity index (χ2v) is 5.68. The summed E-state index contributed by atoms with van der Waals surface area (Å²) in [5.41, 5.74) is 0.458. The normalized spacial score (nSPS) is 47.0. The second kappa shape index (κ2) is 2.47. The van der Waals surface area contributed by atoms with Crippen molar-refractivity contribution in [3.8, 4) is 0 Å². The topological polar surface area (TPSA) is 20.2 Å². The van der Waals surface area contributed by atoms with Gasteiger partial charge in [-0.1, -0.05) is 20.8 Å². The minimum absolute atomic E-state index is 0.0357. The molecular weight excluding hydrogens is 148 g/mol. The van der Waals surface area contributed by atoms with E-state index >= 15 is 0 Å². The van der Waals surface area contributed by atoms with Gasteiger partial charge in [0.1, 0.15) is 0 Å². The van der Waals surface area contributed by atoms with Gasteiger partial charge < -0.3 is 5.11 Å². The number of hydrogen-bond donors (Lipinski definition) is 1. The first-order valence-corrected chi connectivity index (χ1v) is 5.18.